The smallest absolute Gasteiger partial charge is 0.335 e. The van der Waals surface area contributed by atoms with Crippen LogP contribution in [-0.4, -0.2) is 18.2 Å². The van der Waals surface area contributed by atoms with Crippen LogP contribution < -0.4 is 9.47 Å². The molecule has 2 rings (SSSR count). The first-order chi connectivity index (χ1) is 10.0. The third-order valence-electron chi connectivity index (χ3n) is 2.75. The van der Waals surface area contributed by atoms with E-state index in [4.69, 9.17) is 37.8 Å². The van der Waals surface area contributed by atoms with Crippen molar-refractivity contribution in [2.24, 2.45) is 0 Å². The number of hydrogen-bond acceptors (Lipinski definition) is 3. The molecule has 4 nitrogen and oxygen atoms in total. The molecule has 0 saturated carbocycles. The van der Waals surface area contributed by atoms with E-state index in [0.717, 1.165) is 5.56 Å². The van der Waals surface area contributed by atoms with Crippen LogP contribution in [0.15, 0.2) is 36.4 Å². The number of carboxylic acids is 1. The molecule has 0 aliphatic carbocycles. The summed E-state index contributed by atoms with van der Waals surface area (Å²) in [5.41, 5.74) is 0.898. The van der Waals surface area contributed by atoms with Crippen molar-refractivity contribution < 1.29 is 19.4 Å². The van der Waals surface area contributed by atoms with Crippen LogP contribution in [-0.2, 0) is 6.61 Å². The molecule has 2 aromatic rings. The lowest BCUT2D eigenvalue weighted by atomic mass is 10.2. The number of aromatic carboxylic acids is 1. The Kier molecular flexibility index (Phi) is 4.94. The van der Waals surface area contributed by atoms with Crippen LogP contribution in [0.4, 0.5) is 0 Å². The third kappa shape index (κ3) is 3.80. The highest BCUT2D eigenvalue weighted by Crippen LogP contribution is 2.37. The minimum absolute atomic E-state index is 0.0342. The Morgan fingerprint density at radius 2 is 2.00 bits per heavy atom. The van der Waals surface area contributed by atoms with Gasteiger partial charge in [0.15, 0.2) is 11.5 Å². The summed E-state index contributed by atoms with van der Waals surface area (Å²) in [6.45, 7) is 0.239. The summed E-state index contributed by atoms with van der Waals surface area (Å²) in [5.74, 6) is -0.525. The zero-order chi connectivity index (χ0) is 15.4. The molecule has 0 spiro atoms. The molecule has 0 atom stereocenters. The molecular weight excluding hydrogens is 315 g/mol. The van der Waals surface area contributed by atoms with Gasteiger partial charge in [0.1, 0.15) is 6.61 Å². The highest BCUT2D eigenvalue weighted by atomic mass is 35.5. The first-order valence-corrected chi connectivity index (χ1v) is 6.75. The van der Waals surface area contributed by atoms with E-state index in [1.165, 1.54) is 19.2 Å². The summed E-state index contributed by atoms with van der Waals surface area (Å²) < 4.78 is 10.8. The molecule has 0 aromatic heterocycles. The van der Waals surface area contributed by atoms with Crippen molar-refractivity contribution in [1.82, 2.24) is 0 Å². The number of rotatable bonds is 5. The summed E-state index contributed by atoms with van der Waals surface area (Å²) in [5, 5.41) is 9.77. The zero-order valence-corrected chi connectivity index (χ0v) is 12.6. The van der Waals surface area contributed by atoms with Crippen molar-refractivity contribution in [3.8, 4) is 11.5 Å². The molecule has 0 saturated heterocycles. The van der Waals surface area contributed by atoms with E-state index in [2.05, 4.69) is 0 Å². The molecule has 0 heterocycles. The van der Waals surface area contributed by atoms with Gasteiger partial charge in [0.25, 0.3) is 0 Å². The van der Waals surface area contributed by atoms with E-state index in [9.17, 15) is 4.79 Å². The Morgan fingerprint density at radius 1 is 1.24 bits per heavy atom. The predicted molar refractivity (Wildman–Crippen MR) is 80.7 cm³/mol. The van der Waals surface area contributed by atoms with Crippen molar-refractivity contribution in [2.45, 2.75) is 6.61 Å². The molecule has 1 N–H and O–H groups in total. The van der Waals surface area contributed by atoms with E-state index in [-0.39, 0.29) is 22.9 Å². The summed E-state index contributed by atoms with van der Waals surface area (Å²) >= 11 is 12.0. The molecule has 0 aliphatic rings. The Bertz CT molecular complexity index is 671. The van der Waals surface area contributed by atoms with Gasteiger partial charge in [0.2, 0.25) is 0 Å². The molecule has 0 unspecified atom stereocenters. The van der Waals surface area contributed by atoms with E-state index in [1.54, 1.807) is 12.1 Å². The second kappa shape index (κ2) is 6.70. The largest absolute Gasteiger partial charge is 0.493 e. The van der Waals surface area contributed by atoms with E-state index < -0.39 is 5.97 Å². The van der Waals surface area contributed by atoms with Gasteiger partial charge in [-0.15, -0.1) is 0 Å². The summed E-state index contributed by atoms with van der Waals surface area (Å²) in [6.07, 6.45) is 0. The lowest BCUT2D eigenvalue weighted by molar-refractivity contribution is 0.0696. The SMILES string of the molecule is COc1cc(C(=O)O)cc(Cl)c1OCc1cccc(Cl)c1. The number of benzene rings is 2. The van der Waals surface area contributed by atoms with Crippen molar-refractivity contribution in [3.05, 3.63) is 57.6 Å². The lowest BCUT2D eigenvalue weighted by Gasteiger charge is -2.13. The van der Waals surface area contributed by atoms with Gasteiger partial charge in [-0.1, -0.05) is 35.3 Å². The fourth-order valence-electron chi connectivity index (χ4n) is 1.77. The van der Waals surface area contributed by atoms with Gasteiger partial charge in [0.05, 0.1) is 17.7 Å². The number of carbonyl (C=O) groups is 1. The monoisotopic (exact) mass is 326 g/mol. The Hall–Kier alpha value is -1.91. The second-order valence-corrected chi connectivity index (χ2v) is 5.06. The number of ether oxygens (including phenoxy) is 2. The molecule has 0 aliphatic heterocycles. The molecule has 21 heavy (non-hydrogen) atoms. The van der Waals surface area contributed by atoms with E-state index in [1.807, 2.05) is 12.1 Å². The van der Waals surface area contributed by atoms with Gasteiger partial charge >= 0.3 is 5.97 Å². The molecule has 110 valence electrons. The Balaban J connectivity index is 2.25. The predicted octanol–water partition coefficient (Wildman–Crippen LogP) is 4.28. The molecule has 0 radical (unpaired) electrons. The number of methoxy groups -OCH3 is 1. The maximum atomic E-state index is 11.0. The molecule has 6 heteroatoms. The molecular formula is C15H12Cl2O4. The van der Waals surface area contributed by atoms with Crippen LogP contribution in [0.5, 0.6) is 11.5 Å². The standard InChI is InChI=1S/C15H12Cl2O4/c1-20-13-7-10(15(18)19)6-12(17)14(13)21-8-9-3-2-4-11(16)5-9/h2-7H,8H2,1H3,(H,18,19). The van der Waals surface area contributed by atoms with Crippen LogP contribution in [0.1, 0.15) is 15.9 Å². The fourth-order valence-corrected chi connectivity index (χ4v) is 2.24. The normalized spacial score (nSPS) is 10.2. The van der Waals surface area contributed by atoms with Crippen molar-refractivity contribution in [2.75, 3.05) is 7.11 Å². The lowest BCUT2D eigenvalue weighted by Crippen LogP contribution is -2.02. The van der Waals surface area contributed by atoms with Crippen LogP contribution in [0.3, 0.4) is 0 Å². The topological polar surface area (TPSA) is 55.8 Å². The zero-order valence-electron chi connectivity index (χ0n) is 11.1. The molecule has 0 amide bonds. The minimum Gasteiger partial charge on any atom is -0.493 e. The Morgan fingerprint density at radius 3 is 2.62 bits per heavy atom. The number of hydrogen-bond donors (Lipinski definition) is 1. The first kappa shape index (κ1) is 15.5. The summed E-state index contributed by atoms with van der Waals surface area (Å²) in [4.78, 5) is 11.0. The second-order valence-electron chi connectivity index (χ2n) is 4.21. The minimum atomic E-state index is -1.09. The summed E-state index contributed by atoms with van der Waals surface area (Å²) in [6, 6.07) is 9.89. The molecule has 0 fully saturated rings. The highest BCUT2D eigenvalue weighted by molar-refractivity contribution is 6.32. The first-order valence-electron chi connectivity index (χ1n) is 5.99. The molecule has 0 bridgehead atoms. The van der Waals surface area contributed by atoms with Crippen LogP contribution in [0.25, 0.3) is 0 Å². The average molecular weight is 327 g/mol. The highest BCUT2D eigenvalue weighted by Gasteiger charge is 2.15. The van der Waals surface area contributed by atoms with Gasteiger partial charge < -0.3 is 14.6 Å². The van der Waals surface area contributed by atoms with Crippen LogP contribution in [0, 0.1) is 0 Å². The van der Waals surface area contributed by atoms with Gasteiger partial charge in [-0.25, -0.2) is 4.79 Å². The van der Waals surface area contributed by atoms with Gasteiger partial charge in [0, 0.05) is 5.02 Å². The third-order valence-corrected chi connectivity index (χ3v) is 3.26. The average Bonchev–Trinajstić information content (AvgIpc) is 2.45. The number of carboxylic acid groups (broad SMARTS) is 1. The fraction of sp³-hybridized carbons (Fsp3) is 0.133. The van der Waals surface area contributed by atoms with E-state index >= 15 is 0 Å². The quantitative estimate of drug-likeness (QED) is 0.890. The maximum absolute atomic E-state index is 11.0. The van der Waals surface area contributed by atoms with Crippen molar-refractivity contribution >= 4 is 29.2 Å². The maximum Gasteiger partial charge on any atom is 0.335 e. The molecule has 2 aromatic carbocycles. The van der Waals surface area contributed by atoms with Crippen LogP contribution in [0.2, 0.25) is 10.0 Å². The number of halogens is 2. The Labute approximate surface area is 131 Å². The van der Waals surface area contributed by atoms with Crippen molar-refractivity contribution in [3.63, 3.8) is 0 Å². The van der Waals surface area contributed by atoms with Crippen LogP contribution >= 0.6 is 23.2 Å². The summed E-state index contributed by atoms with van der Waals surface area (Å²) in [7, 11) is 1.42. The van der Waals surface area contributed by atoms with Crippen molar-refractivity contribution in [1.29, 1.82) is 0 Å². The van der Waals surface area contributed by atoms with Gasteiger partial charge in [-0.05, 0) is 29.8 Å². The van der Waals surface area contributed by atoms with Gasteiger partial charge in [-0.2, -0.15) is 0 Å². The van der Waals surface area contributed by atoms with Gasteiger partial charge in [-0.3, -0.25) is 0 Å². The van der Waals surface area contributed by atoms with E-state index in [0.29, 0.717) is 10.8 Å².